The zero-order valence-electron chi connectivity index (χ0n) is 10.7. The molecule has 0 aromatic heterocycles. The number of ether oxygens (including phenoxy) is 1. The van der Waals surface area contributed by atoms with E-state index >= 15 is 0 Å². The van der Waals surface area contributed by atoms with Crippen LogP contribution in [0.15, 0.2) is 24.3 Å². The Hall–Kier alpha value is -2.04. The van der Waals surface area contributed by atoms with Crippen LogP contribution in [0.25, 0.3) is 0 Å². The Bertz CT molecular complexity index is 463. The second kappa shape index (κ2) is 5.89. The number of hydrogen-bond donors (Lipinski definition) is 2. The average Bonchev–Trinajstić information content (AvgIpc) is 2.26. The SMILES string of the molecule is [2H][C@@](Cc1cccc(O)c1)(NC(C)=O)C(=O)OC. The van der Waals surface area contributed by atoms with Gasteiger partial charge in [-0.3, -0.25) is 4.79 Å². The summed E-state index contributed by atoms with van der Waals surface area (Å²) in [5.41, 5.74) is 0.546. The van der Waals surface area contributed by atoms with E-state index in [4.69, 9.17) is 1.37 Å². The first kappa shape index (κ1) is 11.4. The van der Waals surface area contributed by atoms with E-state index in [-0.39, 0.29) is 12.2 Å². The highest BCUT2D eigenvalue weighted by atomic mass is 16.5. The maximum absolute atomic E-state index is 11.6. The summed E-state index contributed by atoms with van der Waals surface area (Å²) in [5.74, 6) is -1.33. The molecule has 5 heteroatoms. The number of phenolic OH excluding ortho intramolecular Hbond substituents is 1. The number of methoxy groups -OCH3 is 1. The Kier molecular flexibility index (Phi) is 3.96. The van der Waals surface area contributed by atoms with Crippen LogP contribution in [0.2, 0.25) is 0 Å². The van der Waals surface area contributed by atoms with Gasteiger partial charge in [-0.15, -0.1) is 0 Å². The first-order chi connectivity index (χ1) is 8.37. The molecular weight excluding hydrogens is 222 g/mol. The lowest BCUT2D eigenvalue weighted by Crippen LogP contribution is -2.41. The van der Waals surface area contributed by atoms with Gasteiger partial charge in [0.2, 0.25) is 5.91 Å². The zero-order chi connectivity index (χ0) is 13.8. The van der Waals surface area contributed by atoms with Crippen LogP contribution >= 0.6 is 0 Å². The molecule has 1 amide bonds. The van der Waals surface area contributed by atoms with Crippen molar-refractivity contribution < 1.29 is 20.8 Å². The van der Waals surface area contributed by atoms with Gasteiger partial charge in [0.05, 0.1) is 8.48 Å². The van der Waals surface area contributed by atoms with Crippen molar-refractivity contribution in [3.63, 3.8) is 0 Å². The van der Waals surface area contributed by atoms with Gasteiger partial charge in [0.1, 0.15) is 11.8 Å². The van der Waals surface area contributed by atoms with Crippen molar-refractivity contribution in [3.05, 3.63) is 29.8 Å². The van der Waals surface area contributed by atoms with Gasteiger partial charge in [0.25, 0.3) is 0 Å². The number of carbonyl (C=O) groups excluding carboxylic acids is 2. The molecule has 1 aromatic carbocycles. The third-order valence-electron chi connectivity index (χ3n) is 2.05. The van der Waals surface area contributed by atoms with Crippen LogP contribution in [0.4, 0.5) is 0 Å². The molecule has 0 saturated heterocycles. The molecule has 1 aromatic rings. The molecule has 0 unspecified atom stereocenters. The predicted octanol–water partition coefficient (Wildman–Crippen LogP) is 0.612. The molecule has 92 valence electrons. The van der Waals surface area contributed by atoms with Crippen LogP contribution < -0.4 is 5.32 Å². The van der Waals surface area contributed by atoms with Crippen LogP contribution in [0.5, 0.6) is 5.75 Å². The average molecular weight is 238 g/mol. The quantitative estimate of drug-likeness (QED) is 0.754. The van der Waals surface area contributed by atoms with Crippen molar-refractivity contribution in [1.29, 1.82) is 0 Å². The summed E-state index contributed by atoms with van der Waals surface area (Å²) in [6.07, 6.45) is -0.0896. The van der Waals surface area contributed by atoms with Crippen molar-refractivity contribution in [2.75, 3.05) is 7.11 Å². The van der Waals surface area contributed by atoms with Gasteiger partial charge in [-0.05, 0) is 17.7 Å². The largest absolute Gasteiger partial charge is 0.508 e. The molecule has 0 bridgehead atoms. The minimum atomic E-state index is -1.89. The Morgan fingerprint density at radius 2 is 2.29 bits per heavy atom. The van der Waals surface area contributed by atoms with Crippen LogP contribution in [0, 0.1) is 0 Å². The van der Waals surface area contributed by atoms with E-state index in [2.05, 4.69) is 10.1 Å². The lowest BCUT2D eigenvalue weighted by Gasteiger charge is -2.15. The fourth-order valence-corrected chi connectivity index (χ4v) is 1.37. The number of rotatable bonds is 4. The fraction of sp³-hybridized carbons (Fsp3) is 0.333. The number of benzene rings is 1. The van der Waals surface area contributed by atoms with E-state index in [1.807, 2.05) is 0 Å². The molecule has 2 N–H and O–H groups in total. The van der Waals surface area contributed by atoms with Crippen LogP contribution in [-0.4, -0.2) is 30.1 Å². The summed E-state index contributed by atoms with van der Waals surface area (Å²) in [6.45, 7) is 1.22. The smallest absolute Gasteiger partial charge is 0.328 e. The van der Waals surface area contributed by atoms with Crippen molar-refractivity contribution >= 4 is 11.9 Å². The number of esters is 1. The summed E-state index contributed by atoms with van der Waals surface area (Å²) in [7, 11) is 1.15. The second-order valence-corrected chi connectivity index (χ2v) is 3.50. The van der Waals surface area contributed by atoms with Gasteiger partial charge in [0, 0.05) is 13.3 Å². The Labute approximate surface area is 101 Å². The monoisotopic (exact) mass is 238 g/mol. The molecule has 0 saturated carbocycles. The van der Waals surface area contributed by atoms with Crippen molar-refractivity contribution in [3.8, 4) is 5.75 Å². The molecule has 1 atom stereocenters. The molecule has 0 aliphatic rings. The predicted molar refractivity (Wildman–Crippen MR) is 61.4 cm³/mol. The van der Waals surface area contributed by atoms with Crippen molar-refractivity contribution in [2.24, 2.45) is 0 Å². The zero-order valence-corrected chi connectivity index (χ0v) is 9.69. The van der Waals surface area contributed by atoms with Crippen molar-refractivity contribution in [1.82, 2.24) is 5.32 Å². The van der Waals surface area contributed by atoms with Gasteiger partial charge < -0.3 is 15.2 Å². The minimum absolute atomic E-state index is 0.0301. The van der Waals surface area contributed by atoms with Crippen LogP contribution in [0.3, 0.4) is 0 Å². The molecule has 0 aliphatic heterocycles. The number of hydrogen-bond acceptors (Lipinski definition) is 4. The van der Waals surface area contributed by atoms with E-state index in [9.17, 15) is 14.7 Å². The van der Waals surface area contributed by atoms with Crippen molar-refractivity contribution in [2.45, 2.75) is 19.4 Å². The minimum Gasteiger partial charge on any atom is -0.508 e. The van der Waals surface area contributed by atoms with Gasteiger partial charge in [-0.1, -0.05) is 12.1 Å². The Morgan fingerprint density at radius 3 is 2.82 bits per heavy atom. The first-order valence-corrected chi connectivity index (χ1v) is 5.02. The fourth-order valence-electron chi connectivity index (χ4n) is 1.37. The van der Waals surface area contributed by atoms with Gasteiger partial charge in [-0.25, -0.2) is 4.79 Å². The highest BCUT2D eigenvalue weighted by molar-refractivity contribution is 5.83. The van der Waals surface area contributed by atoms with Gasteiger partial charge in [-0.2, -0.15) is 0 Å². The topological polar surface area (TPSA) is 75.6 Å². The standard InChI is InChI=1S/C12H15NO4/c1-8(14)13-11(12(16)17-2)7-9-4-3-5-10(15)6-9/h3-6,11,15H,7H2,1-2H3,(H,13,14)/t11-/m0/s1/i11D. The van der Waals surface area contributed by atoms with E-state index in [1.54, 1.807) is 12.1 Å². The van der Waals surface area contributed by atoms with E-state index in [1.165, 1.54) is 19.1 Å². The number of amides is 1. The number of nitrogens with one attached hydrogen (secondary N) is 1. The molecule has 5 nitrogen and oxygen atoms in total. The molecule has 0 heterocycles. The third kappa shape index (κ3) is 4.14. The van der Waals surface area contributed by atoms with Gasteiger partial charge >= 0.3 is 5.97 Å². The molecule has 0 fully saturated rings. The second-order valence-electron chi connectivity index (χ2n) is 3.50. The molecule has 0 aliphatic carbocycles. The molecule has 1 rings (SSSR count). The van der Waals surface area contributed by atoms with Crippen LogP contribution in [0.1, 0.15) is 13.9 Å². The summed E-state index contributed by atoms with van der Waals surface area (Å²) in [6, 6.07) is 4.25. The number of phenols is 1. The molecule has 0 radical (unpaired) electrons. The highest BCUT2D eigenvalue weighted by Crippen LogP contribution is 2.13. The maximum atomic E-state index is 11.6. The molecule has 0 spiro atoms. The summed E-state index contributed by atoms with van der Waals surface area (Å²) >= 11 is 0. The molecule has 17 heavy (non-hydrogen) atoms. The summed E-state index contributed by atoms with van der Waals surface area (Å²) < 4.78 is 12.5. The van der Waals surface area contributed by atoms with Crippen LogP contribution in [-0.2, 0) is 20.7 Å². The number of aromatic hydroxyl groups is 1. The van der Waals surface area contributed by atoms with E-state index in [0.717, 1.165) is 7.11 Å². The molecular formula is C12H15NO4. The lowest BCUT2D eigenvalue weighted by molar-refractivity contribution is -0.144. The number of carbonyl (C=O) groups is 2. The van der Waals surface area contributed by atoms with E-state index < -0.39 is 17.9 Å². The Balaban J connectivity index is 2.98. The lowest BCUT2D eigenvalue weighted by atomic mass is 10.1. The normalized spacial score (nSPS) is 14.4. The Morgan fingerprint density at radius 1 is 1.59 bits per heavy atom. The van der Waals surface area contributed by atoms with Gasteiger partial charge in [0.15, 0.2) is 0 Å². The highest BCUT2D eigenvalue weighted by Gasteiger charge is 2.20. The van der Waals surface area contributed by atoms with E-state index in [0.29, 0.717) is 5.56 Å². The summed E-state index contributed by atoms with van der Waals surface area (Å²) in [5, 5.41) is 11.6. The maximum Gasteiger partial charge on any atom is 0.328 e. The third-order valence-corrected chi connectivity index (χ3v) is 2.05. The first-order valence-electron chi connectivity index (χ1n) is 5.52. The summed E-state index contributed by atoms with van der Waals surface area (Å²) in [4.78, 5) is 22.6.